The van der Waals surface area contributed by atoms with Gasteiger partial charge in [0.1, 0.15) is 5.60 Å². The Hall–Kier alpha value is -2.89. The number of aromatic carboxylic acids is 1. The van der Waals surface area contributed by atoms with Gasteiger partial charge in [-0.15, -0.1) is 0 Å². The number of aromatic nitrogens is 1. The Labute approximate surface area is 134 Å². The summed E-state index contributed by atoms with van der Waals surface area (Å²) >= 11 is 0. The Morgan fingerprint density at radius 1 is 1.22 bits per heavy atom. The molecule has 0 radical (unpaired) electrons. The van der Waals surface area contributed by atoms with Crippen molar-refractivity contribution in [3.63, 3.8) is 0 Å². The molecular weight excluding hydrogens is 296 g/mol. The molecule has 0 aliphatic carbocycles. The molecule has 2 aromatic rings. The Balaban J connectivity index is 2.28. The number of nitrogens with zero attached hydrogens (tertiary/aromatic N) is 1. The largest absolute Gasteiger partial charge is 0.478 e. The molecule has 0 aliphatic rings. The molecule has 120 valence electrons. The highest BCUT2D eigenvalue weighted by atomic mass is 16.6. The molecule has 0 saturated carbocycles. The van der Waals surface area contributed by atoms with Crippen LogP contribution in [-0.2, 0) is 4.74 Å². The van der Waals surface area contributed by atoms with Crippen molar-refractivity contribution in [2.45, 2.75) is 26.4 Å². The first kappa shape index (κ1) is 16.5. The summed E-state index contributed by atoms with van der Waals surface area (Å²) in [6, 6.07) is 8.29. The summed E-state index contributed by atoms with van der Waals surface area (Å²) in [5.41, 5.74) is 1.19. The standard InChI is InChI=1S/C17H18N2O4/c1-17(2,3)23-16(22)19-12-6-4-5-11(9-12)14-10-18-8-7-13(14)15(20)21/h4-10H,1-3H3,(H,19,22)(H,20,21). The molecule has 0 spiro atoms. The van der Waals surface area contributed by atoms with Crippen LogP contribution < -0.4 is 5.32 Å². The van der Waals surface area contributed by atoms with E-state index < -0.39 is 17.7 Å². The summed E-state index contributed by atoms with van der Waals surface area (Å²) in [6.45, 7) is 5.33. The Kier molecular flexibility index (Phi) is 4.64. The summed E-state index contributed by atoms with van der Waals surface area (Å²) in [5, 5.41) is 11.9. The second-order valence-electron chi connectivity index (χ2n) is 5.93. The summed E-state index contributed by atoms with van der Waals surface area (Å²) in [5.74, 6) is -1.03. The van der Waals surface area contributed by atoms with E-state index in [1.807, 2.05) is 0 Å². The first-order chi connectivity index (χ1) is 10.8. The summed E-state index contributed by atoms with van der Waals surface area (Å²) < 4.78 is 5.19. The molecule has 0 atom stereocenters. The third-order valence-corrected chi connectivity index (χ3v) is 2.87. The molecule has 1 aromatic carbocycles. The zero-order valence-electron chi connectivity index (χ0n) is 13.2. The Morgan fingerprint density at radius 2 is 1.96 bits per heavy atom. The highest BCUT2D eigenvalue weighted by Crippen LogP contribution is 2.25. The molecule has 1 aromatic heterocycles. The van der Waals surface area contributed by atoms with Crippen LogP contribution in [0.5, 0.6) is 0 Å². The number of hydrogen-bond acceptors (Lipinski definition) is 4. The zero-order valence-corrected chi connectivity index (χ0v) is 13.2. The molecule has 0 bridgehead atoms. The predicted octanol–water partition coefficient (Wildman–Crippen LogP) is 3.79. The molecule has 0 fully saturated rings. The lowest BCUT2D eigenvalue weighted by molar-refractivity contribution is 0.0634. The van der Waals surface area contributed by atoms with Crippen molar-refractivity contribution in [3.8, 4) is 11.1 Å². The molecule has 2 N–H and O–H groups in total. The van der Waals surface area contributed by atoms with E-state index >= 15 is 0 Å². The van der Waals surface area contributed by atoms with Crippen LogP contribution in [0, 0.1) is 0 Å². The lowest BCUT2D eigenvalue weighted by Gasteiger charge is -2.19. The van der Waals surface area contributed by atoms with Crippen LogP contribution in [0.2, 0.25) is 0 Å². The smallest absolute Gasteiger partial charge is 0.412 e. The zero-order chi connectivity index (χ0) is 17.0. The van der Waals surface area contributed by atoms with Crippen LogP contribution in [0.25, 0.3) is 11.1 Å². The molecule has 23 heavy (non-hydrogen) atoms. The van der Waals surface area contributed by atoms with Gasteiger partial charge in [-0.25, -0.2) is 9.59 Å². The van der Waals surface area contributed by atoms with Crippen molar-refractivity contribution >= 4 is 17.7 Å². The summed E-state index contributed by atoms with van der Waals surface area (Å²) in [4.78, 5) is 27.1. The number of nitrogens with one attached hydrogen (secondary N) is 1. The van der Waals surface area contributed by atoms with E-state index in [0.29, 0.717) is 16.8 Å². The van der Waals surface area contributed by atoms with E-state index in [-0.39, 0.29) is 5.56 Å². The average Bonchev–Trinajstić information content (AvgIpc) is 2.45. The fourth-order valence-corrected chi connectivity index (χ4v) is 2.00. The fraction of sp³-hybridized carbons (Fsp3) is 0.235. The molecule has 6 heteroatoms. The number of carbonyl (C=O) groups is 2. The molecule has 0 aliphatic heterocycles. The van der Waals surface area contributed by atoms with Gasteiger partial charge in [-0.3, -0.25) is 10.3 Å². The lowest BCUT2D eigenvalue weighted by atomic mass is 10.0. The van der Waals surface area contributed by atoms with E-state index in [1.165, 1.54) is 18.5 Å². The van der Waals surface area contributed by atoms with Crippen LogP contribution in [0.15, 0.2) is 42.7 Å². The van der Waals surface area contributed by atoms with Gasteiger partial charge in [-0.1, -0.05) is 12.1 Å². The average molecular weight is 314 g/mol. The van der Waals surface area contributed by atoms with E-state index in [0.717, 1.165) is 0 Å². The number of carboxylic acid groups (broad SMARTS) is 1. The summed E-state index contributed by atoms with van der Waals surface area (Å²) in [6.07, 6.45) is 2.34. The number of carboxylic acids is 1. The number of rotatable bonds is 3. The molecule has 6 nitrogen and oxygen atoms in total. The third kappa shape index (κ3) is 4.54. The van der Waals surface area contributed by atoms with Crippen LogP contribution in [0.4, 0.5) is 10.5 Å². The van der Waals surface area contributed by atoms with Crippen molar-refractivity contribution in [3.05, 3.63) is 48.3 Å². The monoisotopic (exact) mass is 314 g/mol. The number of hydrogen-bond donors (Lipinski definition) is 2. The minimum absolute atomic E-state index is 0.148. The van der Waals surface area contributed by atoms with Gasteiger partial charge < -0.3 is 9.84 Å². The predicted molar refractivity (Wildman–Crippen MR) is 86.5 cm³/mol. The Bertz CT molecular complexity index is 735. The van der Waals surface area contributed by atoms with Crippen LogP contribution in [0.3, 0.4) is 0 Å². The molecule has 2 rings (SSSR count). The Morgan fingerprint density at radius 3 is 2.61 bits per heavy atom. The van der Waals surface area contributed by atoms with Crippen molar-refractivity contribution in [2.24, 2.45) is 0 Å². The van der Waals surface area contributed by atoms with Crippen molar-refractivity contribution in [1.82, 2.24) is 4.98 Å². The molecule has 1 heterocycles. The molecular formula is C17H18N2O4. The topological polar surface area (TPSA) is 88.5 Å². The second-order valence-corrected chi connectivity index (χ2v) is 5.93. The van der Waals surface area contributed by atoms with Crippen molar-refractivity contribution in [1.29, 1.82) is 0 Å². The van der Waals surface area contributed by atoms with Crippen LogP contribution >= 0.6 is 0 Å². The van der Waals surface area contributed by atoms with Gasteiger partial charge >= 0.3 is 12.1 Å². The number of pyridine rings is 1. The first-order valence-electron chi connectivity index (χ1n) is 7.04. The van der Waals surface area contributed by atoms with Gasteiger partial charge in [-0.2, -0.15) is 0 Å². The number of benzene rings is 1. The van der Waals surface area contributed by atoms with Gasteiger partial charge in [0.15, 0.2) is 0 Å². The number of ether oxygens (including phenoxy) is 1. The van der Waals surface area contributed by atoms with Crippen LogP contribution in [-0.4, -0.2) is 27.8 Å². The third-order valence-electron chi connectivity index (χ3n) is 2.87. The van der Waals surface area contributed by atoms with Crippen molar-refractivity contribution < 1.29 is 19.4 Å². The maximum atomic E-state index is 11.8. The van der Waals surface area contributed by atoms with Crippen LogP contribution in [0.1, 0.15) is 31.1 Å². The highest BCUT2D eigenvalue weighted by Gasteiger charge is 2.17. The molecule has 1 amide bonds. The van der Waals surface area contributed by atoms with E-state index in [9.17, 15) is 14.7 Å². The van der Waals surface area contributed by atoms with Gasteiger partial charge in [-0.05, 0) is 44.5 Å². The minimum Gasteiger partial charge on any atom is -0.478 e. The van der Waals surface area contributed by atoms with E-state index in [1.54, 1.807) is 45.0 Å². The molecule has 0 saturated heterocycles. The summed E-state index contributed by atoms with van der Waals surface area (Å²) in [7, 11) is 0. The highest BCUT2D eigenvalue weighted by molar-refractivity contribution is 5.96. The lowest BCUT2D eigenvalue weighted by Crippen LogP contribution is -2.27. The van der Waals surface area contributed by atoms with Gasteiger partial charge in [0, 0.05) is 23.6 Å². The van der Waals surface area contributed by atoms with Gasteiger partial charge in [0.05, 0.1) is 5.56 Å². The number of amides is 1. The molecule has 0 unspecified atom stereocenters. The number of carbonyl (C=O) groups excluding carboxylic acids is 1. The quantitative estimate of drug-likeness (QED) is 0.899. The first-order valence-corrected chi connectivity index (χ1v) is 7.04. The number of anilines is 1. The van der Waals surface area contributed by atoms with Crippen molar-refractivity contribution in [2.75, 3.05) is 5.32 Å². The SMILES string of the molecule is CC(C)(C)OC(=O)Nc1cccc(-c2cnccc2C(=O)O)c1. The van der Waals surface area contributed by atoms with E-state index in [4.69, 9.17) is 4.74 Å². The second kappa shape index (κ2) is 6.48. The minimum atomic E-state index is -1.03. The van der Waals surface area contributed by atoms with E-state index in [2.05, 4.69) is 10.3 Å². The maximum Gasteiger partial charge on any atom is 0.412 e. The van der Waals surface area contributed by atoms with Gasteiger partial charge in [0.2, 0.25) is 0 Å². The maximum absolute atomic E-state index is 11.8. The normalized spacial score (nSPS) is 10.9. The van der Waals surface area contributed by atoms with Gasteiger partial charge in [0.25, 0.3) is 0 Å². The fourth-order valence-electron chi connectivity index (χ4n) is 2.00.